The third kappa shape index (κ3) is 1.89. The molecule has 0 bridgehead atoms. The molecule has 3 rings (SSSR count). The minimum Gasteiger partial charge on any atom is -0.494 e. The van der Waals surface area contributed by atoms with Crippen LogP contribution in [0.4, 0.5) is 0 Å². The molecule has 0 spiro atoms. The number of fused-ring (bicyclic) bond motifs is 1. The fraction of sp³-hybridized carbons (Fsp3) is 0.462. The number of benzene rings is 1. The van der Waals surface area contributed by atoms with Gasteiger partial charge in [-0.2, -0.15) is 0 Å². The second-order valence-corrected chi connectivity index (χ2v) is 4.57. The molecule has 0 aliphatic heterocycles. The second-order valence-electron chi connectivity index (χ2n) is 4.57. The summed E-state index contributed by atoms with van der Waals surface area (Å²) < 4.78 is 7.47. The number of hydrogen-bond acceptors (Lipinski definition) is 3. The normalized spacial score (nSPS) is 15.4. The maximum atomic E-state index is 5.34. The molecule has 2 aromatic rings. The predicted molar refractivity (Wildman–Crippen MR) is 67.1 cm³/mol. The molecule has 4 heteroatoms. The smallest absolute Gasteiger partial charge is 0.146 e. The van der Waals surface area contributed by atoms with E-state index in [9.17, 15) is 0 Å². The zero-order valence-corrected chi connectivity index (χ0v) is 10.2. The Balaban J connectivity index is 1.97. The molecule has 1 saturated carbocycles. The van der Waals surface area contributed by atoms with Crippen molar-refractivity contribution in [3.05, 3.63) is 24.0 Å². The van der Waals surface area contributed by atoms with Gasteiger partial charge in [0.25, 0.3) is 0 Å². The van der Waals surface area contributed by atoms with Crippen molar-refractivity contribution in [2.75, 3.05) is 7.11 Å². The monoisotopic (exact) mass is 231 g/mol. The molecule has 1 heterocycles. The van der Waals surface area contributed by atoms with Crippen molar-refractivity contribution in [3.63, 3.8) is 0 Å². The summed E-state index contributed by atoms with van der Waals surface area (Å²) in [6, 6.07) is 6.73. The maximum absolute atomic E-state index is 5.34. The zero-order valence-electron chi connectivity index (χ0n) is 10.2. The molecule has 1 aromatic heterocycles. The Hall–Kier alpha value is -1.55. The topological polar surface area (TPSA) is 39.1 Å². The molecular formula is C13H17N3O. The van der Waals surface area contributed by atoms with Gasteiger partial charge in [0.1, 0.15) is 17.1 Å². The number of hydrogen-bond donors (Lipinski definition) is 1. The Labute approximate surface area is 101 Å². The zero-order chi connectivity index (χ0) is 11.8. The number of rotatable bonds is 4. The summed E-state index contributed by atoms with van der Waals surface area (Å²) in [5, 5.41) is 3.49. The van der Waals surface area contributed by atoms with Crippen LogP contribution in [0.5, 0.6) is 5.75 Å². The number of methoxy groups -OCH3 is 1. The minimum absolute atomic E-state index is 0.705. The Morgan fingerprint density at radius 3 is 3.00 bits per heavy atom. The van der Waals surface area contributed by atoms with Crippen LogP contribution in [-0.2, 0) is 13.6 Å². The van der Waals surface area contributed by atoms with Gasteiger partial charge in [0.2, 0.25) is 0 Å². The first-order chi connectivity index (χ1) is 8.29. The van der Waals surface area contributed by atoms with Gasteiger partial charge in [0.15, 0.2) is 0 Å². The van der Waals surface area contributed by atoms with Crippen LogP contribution in [0, 0.1) is 0 Å². The molecule has 0 radical (unpaired) electrons. The highest BCUT2D eigenvalue weighted by molar-refractivity contribution is 5.82. The number of ether oxygens (including phenoxy) is 1. The minimum atomic E-state index is 0.705. The summed E-state index contributed by atoms with van der Waals surface area (Å²) in [7, 11) is 3.74. The predicted octanol–water partition coefficient (Wildman–Crippen LogP) is 1.83. The molecular weight excluding hydrogens is 214 g/mol. The van der Waals surface area contributed by atoms with Crippen molar-refractivity contribution in [1.82, 2.24) is 14.9 Å². The van der Waals surface area contributed by atoms with Crippen molar-refractivity contribution < 1.29 is 4.74 Å². The van der Waals surface area contributed by atoms with Crippen LogP contribution in [-0.4, -0.2) is 22.7 Å². The van der Waals surface area contributed by atoms with Crippen molar-refractivity contribution >= 4 is 11.0 Å². The molecule has 0 amide bonds. The Morgan fingerprint density at radius 2 is 2.29 bits per heavy atom. The van der Waals surface area contributed by atoms with Crippen LogP contribution in [0.3, 0.4) is 0 Å². The van der Waals surface area contributed by atoms with E-state index in [-0.39, 0.29) is 0 Å². The van der Waals surface area contributed by atoms with Crippen LogP contribution >= 0.6 is 0 Å². The summed E-state index contributed by atoms with van der Waals surface area (Å²) in [6.45, 7) is 0.832. The molecule has 1 aliphatic carbocycles. The molecule has 1 aromatic carbocycles. The van der Waals surface area contributed by atoms with Gasteiger partial charge in [-0.25, -0.2) is 4.98 Å². The van der Waals surface area contributed by atoms with Gasteiger partial charge in [-0.3, -0.25) is 0 Å². The Morgan fingerprint density at radius 1 is 1.47 bits per heavy atom. The van der Waals surface area contributed by atoms with Crippen molar-refractivity contribution in [2.24, 2.45) is 7.05 Å². The van der Waals surface area contributed by atoms with Gasteiger partial charge in [-0.1, -0.05) is 6.07 Å². The van der Waals surface area contributed by atoms with Crippen LogP contribution in [0.1, 0.15) is 18.7 Å². The van der Waals surface area contributed by atoms with Crippen molar-refractivity contribution in [1.29, 1.82) is 0 Å². The van der Waals surface area contributed by atoms with Gasteiger partial charge in [-0.05, 0) is 25.0 Å². The highest BCUT2D eigenvalue weighted by atomic mass is 16.5. The van der Waals surface area contributed by atoms with Crippen molar-refractivity contribution in [3.8, 4) is 5.75 Å². The van der Waals surface area contributed by atoms with Crippen LogP contribution in [0.2, 0.25) is 0 Å². The van der Waals surface area contributed by atoms with Crippen LogP contribution in [0.15, 0.2) is 18.2 Å². The first-order valence-corrected chi connectivity index (χ1v) is 6.01. The standard InChI is InChI=1S/C13H17N3O/c1-16-10-4-3-5-11(17-2)13(10)15-12(16)8-14-9-6-7-9/h3-5,9,14H,6-8H2,1-2H3. The van der Waals surface area contributed by atoms with Gasteiger partial charge in [0, 0.05) is 13.1 Å². The van der Waals surface area contributed by atoms with Crippen molar-refractivity contribution in [2.45, 2.75) is 25.4 Å². The first-order valence-electron chi connectivity index (χ1n) is 6.01. The van der Waals surface area contributed by atoms with Gasteiger partial charge in [0.05, 0.1) is 19.2 Å². The number of nitrogens with one attached hydrogen (secondary N) is 1. The van der Waals surface area contributed by atoms with E-state index in [1.165, 1.54) is 12.8 Å². The molecule has 1 N–H and O–H groups in total. The fourth-order valence-electron chi connectivity index (χ4n) is 2.08. The van der Waals surface area contributed by atoms with Gasteiger partial charge < -0.3 is 14.6 Å². The fourth-order valence-corrected chi connectivity index (χ4v) is 2.08. The van der Waals surface area contributed by atoms with E-state index in [0.29, 0.717) is 6.04 Å². The second kappa shape index (κ2) is 4.04. The van der Waals surface area contributed by atoms with E-state index in [0.717, 1.165) is 29.2 Å². The van der Waals surface area contributed by atoms with Crippen LogP contribution in [0.25, 0.3) is 11.0 Å². The van der Waals surface area contributed by atoms with Crippen LogP contribution < -0.4 is 10.1 Å². The number of para-hydroxylation sites is 1. The Kier molecular flexibility index (Phi) is 2.52. The third-order valence-electron chi connectivity index (χ3n) is 3.31. The largest absolute Gasteiger partial charge is 0.494 e. The van der Waals surface area contributed by atoms with E-state index < -0.39 is 0 Å². The average molecular weight is 231 g/mol. The summed E-state index contributed by atoms with van der Waals surface area (Å²) in [6.07, 6.45) is 2.60. The third-order valence-corrected chi connectivity index (χ3v) is 3.31. The lowest BCUT2D eigenvalue weighted by atomic mass is 10.3. The summed E-state index contributed by atoms with van der Waals surface area (Å²) >= 11 is 0. The molecule has 1 aliphatic rings. The molecule has 0 saturated heterocycles. The number of aryl methyl sites for hydroxylation is 1. The molecule has 0 atom stereocenters. The highest BCUT2D eigenvalue weighted by Crippen LogP contribution is 2.25. The molecule has 17 heavy (non-hydrogen) atoms. The number of nitrogens with zero attached hydrogens (tertiary/aromatic N) is 2. The molecule has 1 fully saturated rings. The molecule has 90 valence electrons. The van der Waals surface area contributed by atoms with E-state index in [1.54, 1.807) is 7.11 Å². The van der Waals surface area contributed by atoms with E-state index in [2.05, 4.69) is 28.0 Å². The SMILES string of the molecule is COc1cccc2c1nc(CNC1CC1)n2C. The summed E-state index contributed by atoms with van der Waals surface area (Å²) in [5.74, 6) is 1.91. The average Bonchev–Trinajstić information content (AvgIpc) is 3.12. The first kappa shape index (κ1) is 10.6. The van der Waals surface area contributed by atoms with E-state index in [4.69, 9.17) is 4.74 Å². The summed E-state index contributed by atoms with van der Waals surface area (Å²) in [5.41, 5.74) is 2.07. The number of imidazole rings is 1. The lowest BCUT2D eigenvalue weighted by Crippen LogP contribution is -2.18. The molecule has 4 nitrogen and oxygen atoms in total. The van der Waals surface area contributed by atoms with E-state index in [1.807, 2.05) is 12.1 Å². The van der Waals surface area contributed by atoms with E-state index >= 15 is 0 Å². The summed E-state index contributed by atoms with van der Waals surface area (Å²) in [4.78, 5) is 4.66. The lowest BCUT2D eigenvalue weighted by molar-refractivity contribution is 0.419. The highest BCUT2D eigenvalue weighted by Gasteiger charge is 2.21. The van der Waals surface area contributed by atoms with Gasteiger partial charge in [-0.15, -0.1) is 0 Å². The lowest BCUT2D eigenvalue weighted by Gasteiger charge is -2.03. The maximum Gasteiger partial charge on any atom is 0.146 e. The van der Waals surface area contributed by atoms with Gasteiger partial charge >= 0.3 is 0 Å². The molecule has 0 unspecified atom stereocenters. The quantitative estimate of drug-likeness (QED) is 0.872. The number of aromatic nitrogens is 2. The Bertz CT molecular complexity index is 543.